The summed E-state index contributed by atoms with van der Waals surface area (Å²) in [5.41, 5.74) is 0.532. The smallest absolute Gasteiger partial charge is 0.308 e. The number of halogens is 1. The number of esters is 1. The molecule has 20 heavy (non-hydrogen) atoms. The van der Waals surface area contributed by atoms with Gasteiger partial charge >= 0.3 is 5.97 Å². The van der Waals surface area contributed by atoms with Crippen LogP contribution in [0.5, 0.6) is 0 Å². The number of rotatable bonds is 4. The van der Waals surface area contributed by atoms with E-state index >= 15 is 0 Å². The Labute approximate surface area is 121 Å². The molecule has 0 aliphatic heterocycles. The molecule has 0 spiro atoms. The van der Waals surface area contributed by atoms with Crippen molar-refractivity contribution in [2.45, 2.75) is 25.8 Å². The number of hydrogen-bond donors (Lipinski definition) is 1. The van der Waals surface area contributed by atoms with Crippen molar-refractivity contribution < 1.29 is 14.3 Å². The Morgan fingerprint density at radius 1 is 1.35 bits per heavy atom. The molecule has 7 heteroatoms. The quantitative estimate of drug-likeness (QED) is 0.848. The lowest BCUT2D eigenvalue weighted by molar-refractivity contribution is -0.145. The Morgan fingerprint density at radius 2 is 2.05 bits per heavy atom. The van der Waals surface area contributed by atoms with Gasteiger partial charge in [0.15, 0.2) is 5.15 Å². The van der Waals surface area contributed by atoms with Crippen LogP contribution in [0.1, 0.15) is 25.0 Å². The number of carbonyl (C=O) groups excluding carboxylic acids is 2. The van der Waals surface area contributed by atoms with E-state index in [4.69, 9.17) is 16.3 Å². The first kappa shape index (κ1) is 14.7. The van der Waals surface area contributed by atoms with Gasteiger partial charge in [0.25, 0.3) is 0 Å². The Bertz CT molecular complexity index is 509. The molecule has 6 nitrogen and oxygen atoms in total. The maximum absolute atomic E-state index is 12.0. The molecule has 0 radical (unpaired) electrons. The summed E-state index contributed by atoms with van der Waals surface area (Å²) in [4.78, 5) is 31.4. The minimum atomic E-state index is -0.239. The highest BCUT2D eigenvalue weighted by Crippen LogP contribution is 2.31. The molecular weight excluding hydrogens is 282 g/mol. The third-order valence-electron chi connectivity index (χ3n) is 3.49. The number of hydrogen-bond acceptors (Lipinski definition) is 5. The van der Waals surface area contributed by atoms with Gasteiger partial charge in [-0.3, -0.25) is 14.6 Å². The van der Waals surface area contributed by atoms with Crippen LogP contribution in [0.25, 0.3) is 0 Å². The first-order valence-electron chi connectivity index (χ1n) is 6.42. The molecule has 108 valence electrons. The standard InChI is InChI=1S/C13H16ClN3O3/c1-20-13(19)9-3-2-8(6-9)12(18)17-7-10-11(14)16-5-4-15-10/h4-5,8-9H,2-3,6-7H2,1H3,(H,17,18)/t8-,9+/m0/s1. The number of nitrogens with one attached hydrogen (secondary N) is 1. The van der Waals surface area contributed by atoms with Crippen LogP contribution >= 0.6 is 11.6 Å². The number of methoxy groups -OCH3 is 1. The van der Waals surface area contributed by atoms with E-state index in [9.17, 15) is 9.59 Å². The van der Waals surface area contributed by atoms with Crippen molar-refractivity contribution in [3.63, 3.8) is 0 Å². The highest BCUT2D eigenvalue weighted by molar-refractivity contribution is 6.29. The van der Waals surface area contributed by atoms with Gasteiger partial charge in [0.1, 0.15) is 0 Å². The zero-order valence-corrected chi connectivity index (χ0v) is 11.9. The van der Waals surface area contributed by atoms with Gasteiger partial charge in [0.2, 0.25) is 5.91 Å². The second-order valence-corrected chi connectivity index (χ2v) is 5.10. The van der Waals surface area contributed by atoms with E-state index in [-0.39, 0.29) is 35.4 Å². The summed E-state index contributed by atoms with van der Waals surface area (Å²) in [6, 6.07) is 0. The molecule has 0 unspecified atom stereocenters. The van der Waals surface area contributed by atoms with Gasteiger partial charge in [0.05, 0.1) is 25.3 Å². The van der Waals surface area contributed by atoms with Crippen LogP contribution in [0.2, 0.25) is 5.15 Å². The maximum atomic E-state index is 12.0. The van der Waals surface area contributed by atoms with Crippen LogP contribution in [0.4, 0.5) is 0 Å². The van der Waals surface area contributed by atoms with Crippen LogP contribution in [-0.2, 0) is 20.9 Å². The lowest BCUT2D eigenvalue weighted by Gasteiger charge is -2.11. The zero-order chi connectivity index (χ0) is 14.5. The number of nitrogens with zero attached hydrogens (tertiary/aromatic N) is 2. The molecule has 0 aromatic carbocycles. The van der Waals surface area contributed by atoms with E-state index in [0.29, 0.717) is 25.0 Å². The summed E-state index contributed by atoms with van der Waals surface area (Å²) in [5, 5.41) is 3.07. The number of carbonyl (C=O) groups is 2. The van der Waals surface area contributed by atoms with Gasteiger partial charge in [-0.2, -0.15) is 0 Å². The van der Waals surface area contributed by atoms with Crippen LogP contribution < -0.4 is 5.32 Å². The van der Waals surface area contributed by atoms with E-state index in [1.165, 1.54) is 19.5 Å². The fraction of sp³-hybridized carbons (Fsp3) is 0.538. The molecule has 1 saturated carbocycles. The van der Waals surface area contributed by atoms with Crippen molar-refractivity contribution in [2.24, 2.45) is 11.8 Å². The molecule has 2 atom stereocenters. The van der Waals surface area contributed by atoms with E-state index in [1.54, 1.807) is 0 Å². The summed E-state index contributed by atoms with van der Waals surface area (Å²) in [5.74, 6) is -0.652. The molecule has 1 aromatic rings. The Hall–Kier alpha value is -1.69. The minimum absolute atomic E-state index is 0.0851. The summed E-state index contributed by atoms with van der Waals surface area (Å²) in [6.07, 6.45) is 4.94. The molecule has 1 amide bonds. The maximum Gasteiger partial charge on any atom is 0.308 e. The van der Waals surface area contributed by atoms with Crippen molar-refractivity contribution in [1.29, 1.82) is 0 Å². The summed E-state index contributed by atoms with van der Waals surface area (Å²) in [6.45, 7) is 0.241. The molecular formula is C13H16ClN3O3. The largest absolute Gasteiger partial charge is 0.469 e. The van der Waals surface area contributed by atoms with Gasteiger partial charge in [-0.15, -0.1) is 0 Å². The lowest BCUT2D eigenvalue weighted by atomic mass is 10.0. The van der Waals surface area contributed by atoms with E-state index < -0.39 is 0 Å². The Balaban J connectivity index is 1.85. The van der Waals surface area contributed by atoms with Crippen molar-refractivity contribution in [3.8, 4) is 0 Å². The van der Waals surface area contributed by atoms with Crippen molar-refractivity contribution >= 4 is 23.5 Å². The normalized spacial score (nSPS) is 21.5. The van der Waals surface area contributed by atoms with Crippen LogP contribution in [-0.4, -0.2) is 29.0 Å². The third-order valence-corrected chi connectivity index (χ3v) is 3.81. The van der Waals surface area contributed by atoms with Gasteiger partial charge in [-0.1, -0.05) is 11.6 Å². The van der Waals surface area contributed by atoms with Crippen LogP contribution in [0.15, 0.2) is 12.4 Å². The fourth-order valence-corrected chi connectivity index (χ4v) is 2.56. The number of amides is 1. The molecule has 2 rings (SSSR count). The SMILES string of the molecule is COC(=O)[C@@H]1CC[C@H](C(=O)NCc2nccnc2Cl)C1. The Kier molecular flexibility index (Phi) is 4.89. The predicted molar refractivity (Wildman–Crippen MR) is 71.7 cm³/mol. The molecule has 1 N–H and O–H groups in total. The molecule has 1 aromatic heterocycles. The molecule has 0 bridgehead atoms. The summed E-state index contributed by atoms with van der Waals surface area (Å²) < 4.78 is 4.70. The van der Waals surface area contributed by atoms with E-state index in [1.807, 2.05) is 0 Å². The summed E-state index contributed by atoms with van der Waals surface area (Å²) in [7, 11) is 1.37. The highest BCUT2D eigenvalue weighted by Gasteiger charge is 2.34. The van der Waals surface area contributed by atoms with Crippen molar-refractivity contribution in [3.05, 3.63) is 23.2 Å². The predicted octanol–water partition coefficient (Wildman–Crippen LogP) is 1.34. The average Bonchev–Trinajstić information content (AvgIpc) is 2.95. The first-order valence-corrected chi connectivity index (χ1v) is 6.80. The van der Waals surface area contributed by atoms with Gasteiger partial charge in [0, 0.05) is 18.3 Å². The topological polar surface area (TPSA) is 81.2 Å². The minimum Gasteiger partial charge on any atom is -0.469 e. The molecule has 1 fully saturated rings. The second kappa shape index (κ2) is 6.65. The Morgan fingerprint density at radius 3 is 2.75 bits per heavy atom. The molecule has 0 saturated heterocycles. The first-order chi connectivity index (χ1) is 9.61. The number of aromatic nitrogens is 2. The zero-order valence-electron chi connectivity index (χ0n) is 11.1. The van der Waals surface area contributed by atoms with Crippen molar-refractivity contribution in [2.75, 3.05) is 7.11 Å². The molecule has 1 aliphatic carbocycles. The van der Waals surface area contributed by atoms with Crippen LogP contribution in [0, 0.1) is 11.8 Å². The fourth-order valence-electron chi connectivity index (χ4n) is 2.38. The van der Waals surface area contributed by atoms with Crippen LogP contribution in [0.3, 0.4) is 0 Å². The summed E-state index contributed by atoms with van der Waals surface area (Å²) >= 11 is 5.86. The lowest BCUT2D eigenvalue weighted by Crippen LogP contribution is -2.30. The average molecular weight is 298 g/mol. The van der Waals surface area contributed by atoms with E-state index in [0.717, 1.165) is 0 Å². The van der Waals surface area contributed by atoms with Gasteiger partial charge < -0.3 is 10.1 Å². The molecule has 1 heterocycles. The molecule has 1 aliphatic rings. The second-order valence-electron chi connectivity index (χ2n) is 4.74. The van der Waals surface area contributed by atoms with E-state index in [2.05, 4.69) is 15.3 Å². The third kappa shape index (κ3) is 3.45. The van der Waals surface area contributed by atoms with Crippen molar-refractivity contribution in [1.82, 2.24) is 15.3 Å². The van der Waals surface area contributed by atoms with Gasteiger partial charge in [-0.05, 0) is 19.3 Å². The number of ether oxygens (including phenoxy) is 1. The highest BCUT2D eigenvalue weighted by atomic mass is 35.5. The van der Waals surface area contributed by atoms with Gasteiger partial charge in [-0.25, -0.2) is 4.98 Å². The monoisotopic (exact) mass is 297 g/mol.